The fourth-order valence-corrected chi connectivity index (χ4v) is 6.62. The monoisotopic (exact) mass is 331 g/mol. The van der Waals surface area contributed by atoms with Crippen molar-refractivity contribution in [2.45, 2.75) is 57.9 Å². The van der Waals surface area contributed by atoms with Crippen molar-refractivity contribution in [2.24, 2.45) is 35.0 Å². The van der Waals surface area contributed by atoms with E-state index < -0.39 is 0 Å². The van der Waals surface area contributed by atoms with Crippen molar-refractivity contribution in [3.63, 3.8) is 0 Å². The molecule has 1 aliphatic heterocycles. The van der Waals surface area contributed by atoms with E-state index in [1.807, 2.05) is 0 Å². The SMILES string of the molecule is COC(=O)C1CCC2C3CCC4C[C@@H](C=CC(=O)N4)C3CC[C@]12C. The molecule has 5 unspecified atom stereocenters. The Morgan fingerprint density at radius 1 is 1.21 bits per heavy atom. The van der Waals surface area contributed by atoms with Gasteiger partial charge in [0.2, 0.25) is 5.91 Å². The number of allylic oxidation sites excluding steroid dienone is 1. The molecule has 4 rings (SSSR count). The molecule has 0 saturated heterocycles. The smallest absolute Gasteiger partial charge is 0.309 e. The summed E-state index contributed by atoms with van der Waals surface area (Å²) in [6, 6.07) is 0.326. The average Bonchev–Trinajstić information content (AvgIpc) is 2.70. The summed E-state index contributed by atoms with van der Waals surface area (Å²) < 4.78 is 5.11. The number of nitrogens with one attached hydrogen (secondary N) is 1. The molecule has 4 aliphatic rings. The fourth-order valence-electron chi connectivity index (χ4n) is 6.62. The van der Waals surface area contributed by atoms with Gasteiger partial charge in [-0.2, -0.15) is 0 Å². The van der Waals surface area contributed by atoms with Gasteiger partial charge in [-0.25, -0.2) is 0 Å². The maximum Gasteiger partial charge on any atom is 0.309 e. The normalized spacial score (nSPS) is 47.0. The summed E-state index contributed by atoms with van der Waals surface area (Å²) in [5.41, 5.74) is 0.107. The third kappa shape index (κ3) is 2.41. The van der Waals surface area contributed by atoms with Crippen LogP contribution in [0.3, 0.4) is 0 Å². The Morgan fingerprint density at radius 3 is 2.83 bits per heavy atom. The van der Waals surface area contributed by atoms with E-state index in [9.17, 15) is 9.59 Å². The average molecular weight is 331 g/mol. The Kier molecular flexibility index (Phi) is 3.97. The number of fused-ring (bicyclic) bond motifs is 6. The third-order valence-corrected chi connectivity index (χ3v) is 7.77. The molecule has 0 spiro atoms. The van der Waals surface area contributed by atoms with Gasteiger partial charge < -0.3 is 10.1 Å². The van der Waals surface area contributed by atoms with Crippen molar-refractivity contribution in [1.82, 2.24) is 5.32 Å². The summed E-state index contributed by atoms with van der Waals surface area (Å²) in [7, 11) is 1.52. The van der Waals surface area contributed by atoms with E-state index in [1.165, 1.54) is 20.0 Å². The van der Waals surface area contributed by atoms with Gasteiger partial charge in [-0.1, -0.05) is 13.0 Å². The zero-order valence-electron chi connectivity index (χ0n) is 14.8. The largest absolute Gasteiger partial charge is 0.469 e. The first-order valence-corrected chi connectivity index (χ1v) is 9.59. The van der Waals surface area contributed by atoms with E-state index in [4.69, 9.17) is 4.74 Å². The lowest BCUT2D eigenvalue weighted by Crippen LogP contribution is -2.44. The molecule has 4 heteroatoms. The zero-order chi connectivity index (χ0) is 16.9. The van der Waals surface area contributed by atoms with E-state index in [2.05, 4.69) is 18.3 Å². The summed E-state index contributed by atoms with van der Waals surface area (Å²) in [5, 5.41) is 3.17. The zero-order valence-corrected chi connectivity index (χ0v) is 14.8. The summed E-state index contributed by atoms with van der Waals surface area (Å²) in [5.74, 6) is 2.66. The van der Waals surface area contributed by atoms with Crippen LogP contribution < -0.4 is 5.32 Å². The number of methoxy groups -OCH3 is 1. The molecule has 1 N–H and O–H groups in total. The topological polar surface area (TPSA) is 55.4 Å². The molecule has 0 aromatic heterocycles. The molecule has 0 aromatic rings. The Hall–Kier alpha value is -1.32. The number of esters is 1. The molecule has 3 fully saturated rings. The molecule has 0 aromatic carbocycles. The lowest BCUT2D eigenvalue weighted by Gasteiger charge is -2.49. The van der Waals surface area contributed by atoms with Crippen LogP contribution in [0.4, 0.5) is 0 Å². The van der Waals surface area contributed by atoms with Crippen molar-refractivity contribution in [3.05, 3.63) is 12.2 Å². The molecule has 1 heterocycles. The van der Waals surface area contributed by atoms with E-state index in [0.717, 1.165) is 32.1 Å². The van der Waals surface area contributed by atoms with Gasteiger partial charge in [0, 0.05) is 6.04 Å². The van der Waals surface area contributed by atoms with Crippen molar-refractivity contribution < 1.29 is 14.3 Å². The first kappa shape index (κ1) is 16.2. The maximum atomic E-state index is 12.3. The Labute approximate surface area is 144 Å². The first-order chi connectivity index (χ1) is 11.5. The van der Waals surface area contributed by atoms with Crippen LogP contribution in [0.5, 0.6) is 0 Å². The number of ether oxygens (including phenoxy) is 1. The van der Waals surface area contributed by atoms with Crippen molar-refractivity contribution >= 4 is 11.9 Å². The number of carbonyl (C=O) groups excluding carboxylic acids is 2. The Morgan fingerprint density at radius 2 is 2.04 bits per heavy atom. The number of carbonyl (C=O) groups is 2. The van der Waals surface area contributed by atoms with Crippen LogP contribution in [-0.4, -0.2) is 25.0 Å². The minimum absolute atomic E-state index is 0.00484. The summed E-state index contributed by atoms with van der Waals surface area (Å²) in [4.78, 5) is 24.1. The highest BCUT2D eigenvalue weighted by molar-refractivity contribution is 5.88. The highest BCUT2D eigenvalue weighted by atomic mass is 16.5. The third-order valence-electron chi connectivity index (χ3n) is 7.77. The second kappa shape index (κ2) is 5.89. The van der Waals surface area contributed by atoms with Crippen LogP contribution in [0.15, 0.2) is 12.2 Å². The van der Waals surface area contributed by atoms with Gasteiger partial charge in [-0.3, -0.25) is 9.59 Å². The van der Waals surface area contributed by atoms with Gasteiger partial charge in [-0.15, -0.1) is 0 Å². The molecule has 3 aliphatic carbocycles. The molecule has 7 atom stereocenters. The van der Waals surface area contributed by atoms with Gasteiger partial charge in [0.1, 0.15) is 0 Å². The fraction of sp³-hybridized carbons (Fsp3) is 0.800. The van der Waals surface area contributed by atoms with Crippen molar-refractivity contribution in [1.29, 1.82) is 0 Å². The number of amides is 1. The van der Waals surface area contributed by atoms with Crippen LogP contribution >= 0.6 is 0 Å². The van der Waals surface area contributed by atoms with Crippen molar-refractivity contribution in [3.8, 4) is 0 Å². The number of hydrogen-bond donors (Lipinski definition) is 1. The lowest BCUT2D eigenvalue weighted by atomic mass is 9.55. The Bertz CT molecular complexity index is 571. The van der Waals surface area contributed by atoms with E-state index in [0.29, 0.717) is 29.7 Å². The quantitative estimate of drug-likeness (QED) is 0.751. The number of rotatable bonds is 1. The molecule has 4 nitrogen and oxygen atoms in total. The van der Waals surface area contributed by atoms with Crippen LogP contribution in [0, 0.1) is 35.0 Å². The molecule has 0 radical (unpaired) electrons. The lowest BCUT2D eigenvalue weighted by molar-refractivity contribution is -0.151. The van der Waals surface area contributed by atoms with Crippen molar-refractivity contribution in [2.75, 3.05) is 7.11 Å². The predicted molar refractivity (Wildman–Crippen MR) is 91.0 cm³/mol. The minimum Gasteiger partial charge on any atom is -0.469 e. The summed E-state index contributed by atoms with van der Waals surface area (Å²) in [6.07, 6.45) is 11.7. The highest BCUT2D eigenvalue weighted by Gasteiger charge is 2.57. The molecule has 132 valence electrons. The molecule has 1 amide bonds. The van der Waals surface area contributed by atoms with E-state index in [1.54, 1.807) is 6.08 Å². The second-order valence-electron chi connectivity index (χ2n) is 8.67. The van der Waals surface area contributed by atoms with Crippen LogP contribution in [-0.2, 0) is 14.3 Å². The number of hydrogen-bond acceptors (Lipinski definition) is 3. The van der Waals surface area contributed by atoms with Gasteiger partial charge in [-0.05, 0) is 80.1 Å². The predicted octanol–water partition coefficient (Wildman–Crippen LogP) is 3.07. The van der Waals surface area contributed by atoms with E-state index >= 15 is 0 Å². The maximum absolute atomic E-state index is 12.3. The standard InChI is InChI=1S/C20H29NO3/c1-20-10-9-14-12-3-8-18(22)21-13(11-12)4-5-15(14)16(20)6-7-17(20)19(23)24-2/h3,8,12-17H,4-7,9-11H2,1-2H3,(H,21,22)/t12-,13?,14?,15?,16?,17?,20+/m1/s1. The minimum atomic E-state index is -0.00484. The molecular weight excluding hydrogens is 302 g/mol. The van der Waals surface area contributed by atoms with Gasteiger partial charge in [0.05, 0.1) is 13.0 Å². The second-order valence-corrected chi connectivity index (χ2v) is 8.67. The van der Waals surface area contributed by atoms with Gasteiger partial charge in [0.25, 0.3) is 0 Å². The van der Waals surface area contributed by atoms with Gasteiger partial charge >= 0.3 is 5.97 Å². The Balaban J connectivity index is 1.62. The summed E-state index contributed by atoms with van der Waals surface area (Å²) in [6.45, 7) is 2.34. The summed E-state index contributed by atoms with van der Waals surface area (Å²) >= 11 is 0. The van der Waals surface area contributed by atoms with Crippen LogP contribution in [0.1, 0.15) is 51.9 Å². The molecule has 2 bridgehead atoms. The van der Waals surface area contributed by atoms with E-state index in [-0.39, 0.29) is 23.2 Å². The molecular formula is C20H29NO3. The van der Waals surface area contributed by atoms with Crippen LogP contribution in [0.2, 0.25) is 0 Å². The molecule has 3 saturated carbocycles. The first-order valence-electron chi connectivity index (χ1n) is 9.59. The van der Waals surface area contributed by atoms with Gasteiger partial charge in [0.15, 0.2) is 0 Å². The highest BCUT2D eigenvalue weighted by Crippen LogP contribution is 2.62. The van der Waals surface area contributed by atoms with Crippen LogP contribution in [0.25, 0.3) is 0 Å². The molecule has 24 heavy (non-hydrogen) atoms.